The molecule has 16 heavy (non-hydrogen) atoms. The average molecular weight is 224 g/mol. The van der Waals surface area contributed by atoms with Gasteiger partial charge in [0.2, 0.25) is 0 Å². The minimum absolute atomic E-state index is 0.379. The Kier molecular flexibility index (Phi) is 3.36. The minimum Gasteiger partial charge on any atom is -0.390 e. The molecule has 2 rings (SSSR count). The quantitative estimate of drug-likeness (QED) is 0.717. The molecule has 0 amide bonds. The molecule has 5 atom stereocenters. The van der Waals surface area contributed by atoms with E-state index in [-0.39, 0.29) is 5.60 Å². The Balaban J connectivity index is 2.18. The fourth-order valence-corrected chi connectivity index (χ4v) is 4.36. The lowest BCUT2D eigenvalue weighted by molar-refractivity contribution is -0.109. The van der Waals surface area contributed by atoms with Gasteiger partial charge in [0, 0.05) is 0 Å². The molecule has 2 saturated carbocycles. The van der Waals surface area contributed by atoms with E-state index in [0.29, 0.717) is 5.92 Å². The number of aliphatic hydroxyl groups is 1. The van der Waals surface area contributed by atoms with Gasteiger partial charge in [0.25, 0.3) is 0 Å². The molecule has 1 nitrogen and oxygen atoms in total. The Morgan fingerprint density at radius 1 is 1.19 bits per heavy atom. The topological polar surface area (TPSA) is 20.2 Å². The standard InChI is InChI=1S/C15H28O/c1-10(2)12-7-8-15(4,16)14-6-5-11(3)9-13(12)14/h10-14,16H,5-9H2,1-4H3/t11-,12-,13?,14?,15+/m0/s1. The van der Waals surface area contributed by atoms with Gasteiger partial charge in [-0.2, -0.15) is 0 Å². The summed E-state index contributed by atoms with van der Waals surface area (Å²) in [5.74, 6) is 3.87. The lowest BCUT2D eigenvalue weighted by Gasteiger charge is -2.52. The van der Waals surface area contributed by atoms with Crippen LogP contribution in [-0.2, 0) is 0 Å². The van der Waals surface area contributed by atoms with Crippen molar-refractivity contribution in [3.63, 3.8) is 0 Å². The molecular weight excluding hydrogens is 196 g/mol. The lowest BCUT2D eigenvalue weighted by Crippen LogP contribution is -2.49. The molecule has 2 fully saturated rings. The number of hydrogen-bond acceptors (Lipinski definition) is 1. The van der Waals surface area contributed by atoms with E-state index in [1.165, 1.54) is 25.7 Å². The van der Waals surface area contributed by atoms with Crippen molar-refractivity contribution in [2.45, 2.75) is 65.4 Å². The second kappa shape index (κ2) is 4.33. The van der Waals surface area contributed by atoms with Crippen LogP contribution in [0.3, 0.4) is 0 Å². The van der Waals surface area contributed by atoms with Crippen LogP contribution in [0, 0.1) is 29.6 Å². The highest BCUT2D eigenvalue weighted by Crippen LogP contribution is 2.51. The van der Waals surface area contributed by atoms with E-state index in [9.17, 15) is 5.11 Å². The van der Waals surface area contributed by atoms with Gasteiger partial charge in [0.05, 0.1) is 5.60 Å². The van der Waals surface area contributed by atoms with Gasteiger partial charge in [0.1, 0.15) is 0 Å². The zero-order valence-corrected chi connectivity index (χ0v) is 11.4. The molecule has 0 aromatic heterocycles. The lowest BCUT2D eigenvalue weighted by atomic mass is 9.56. The first-order valence-corrected chi connectivity index (χ1v) is 7.14. The number of fused-ring (bicyclic) bond motifs is 1. The molecule has 0 aromatic carbocycles. The first-order valence-electron chi connectivity index (χ1n) is 7.14. The third-order valence-electron chi connectivity index (χ3n) is 5.35. The Morgan fingerprint density at radius 2 is 1.88 bits per heavy atom. The second-order valence-electron chi connectivity index (χ2n) is 6.99. The molecule has 1 heteroatoms. The fraction of sp³-hybridized carbons (Fsp3) is 1.00. The monoisotopic (exact) mass is 224 g/mol. The highest BCUT2D eigenvalue weighted by molar-refractivity contribution is 4.98. The number of rotatable bonds is 1. The van der Waals surface area contributed by atoms with Gasteiger partial charge in [-0.3, -0.25) is 0 Å². The molecule has 0 aliphatic heterocycles. The van der Waals surface area contributed by atoms with Crippen LogP contribution in [0.1, 0.15) is 59.8 Å². The zero-order valence-electron chi connectivity index (χ0n) is 11.4. The summed E-state index contributed by atoms with van der Waals surface area (Å²) >= 11 is 0. The summed E-state index contributed by atoms with van der Waals surface area (Å²) in [5.41, 5.74) is -0.379. The van der Waals surface area contributed by atoms with Crippen LogP contribution in [0.4, 0.5) is 0 Å². The first-order chi connectivity index (χ1) is 7.42. The molecule has 0 heterocycles. The molecule has 0 aromatic rings. The Morgan fingerprint density at radius 3 is 2.50 bits per heavy atom. The summed E-state index contributed by atoms with van der Waals surface area (Å²) in [6.45, 7) is 9.19. The number of hydrogen-bond donors (Lipinski definition) is 1. The van der Waals surface area contributed by atoms with Crippen molar-refractivity contribution in [2.75, 3.05) is 0 Å². The van der Waals surface area contributed by atoms with Crippen LogP contribution in [0.15, 0.2) is 0 Å². The smallest absolute Gasteiger partial charge is 0.0650 e. The van der Waals surface area contributed by atoms with E-state index < -0.39 is 0 Å². The maximum absolute atomic E-state index is 10.6. The predicted octanol–water partition coefficient (Wildman–Crippen LogP) is 3.86. The summed E-state index contributed by atoms with van der Waals surface area (Å²) in [7, 11) is 0. The summed E-state index contributed by atoms with van der Waals surface area (Å²) < 4.78 is 0. The van der Waals surface area contributed by atoms with Crippen molar-refractivity contribution in [2.24, 2.45) is 29.6 Å². The molecule has 2 aliphatic rings. The Bertz CT molecular complexity index is 244. The van der Waals surface area contributed by atoms with Gasteiger partial charge in [0.15, 0.2) is 0 Å². The SMILES string of the molecule is CC(C)[C@@H]1CC[C@@](C)(O)C2CC[C@H](C)CC21. The predicted molar refractivity (Wildman–Crippen MR) is 68.2 cm³/mol. The molecule has 2 aliphatic carbocycles. The average Bonchev–Trinajstić information content (AvgIpc) is 2.16. The van der Waals surface area contributed by atoms with Crippen molar-refractivity contribution in [1.82, 2.24) is 0 Å². The van der Waals surface area contributed by atoms with Gasteiger partial charge < -0.3 is 5.11 Å². The molecule has 0 bridgehead atoms. The molecule has 0 spiro atoms. The first kappa shape index (κ1) is 12.4. The Labute approximate surface area is 101 Å². The third kappa shape index (κ3) is 2.16. The summed E-state index contributed by atoms with van der Waals surface area (Å²) in [4.78, 5) is 0. The summed E-state index contributed by atoms with van der Waals surface area (Å²) in [6.07, 6.45) is 6.18. The maximum atomic E-state index is 10.6. The van der Waals surface area contributed by atoms with Gasteiger partial charge >= 0.3 is 0 Å². The second-order valence-corrected chi connectivity index (χ2v) is 6.99. The van der Waals surface area contributed by atoms with Crippen molar-refractivity contribution in [3.05, 3.63) is 0 Å². The minimum atomic E-state index is -0.379. The van der Waals surface area contributed by atoms with E-state index in [1.807, 2.05) is 0 Å². The van der Waals surface area contributed by atoms with E-state index in [0.717, 1.165) is 30.1 Å². The normalized spacial score (nSPS) is 49.1. The zero-order chi connectivity index (χ0) is 11.9. The maximum Gasteiger partial charge on any atom is 0.0650 e. The summed E-state index contributed by atoms with van der Waals surface area (Å²) in [6, 6.07) is 0. The van der Waals surface area contributed by atoms with Crippen molar-refractivity contribution in [3.8, 4) is 0 Å². The van der Waals surface area contributed by atoms with Gasteiger partial charge in [-0.1, -0.05) is 27.2 Å². The molecule has 0 radical (unpaired) electrons. The molecule has 2 unspecified atom stereocenters. The van der Waals surface area contributed by atoms with Crippen molar-refractivity contribution in [1.29, 1.82) is 0 Å². The van der Waals surface area contributed by atoms with E-state index in [4.69, 9.17) is 0 Å². The Hall–Kier alpha value is -0.0400. The van der Waals surface area contributed by atoms with Crippen LogP contribution in [-0.4, -0.2) is 10.7 Å². The van der Waals surface area contributed by atoms with Crippen LogP contribution in [0.25, 0.3) is 0 Å². The van der Waals surface area contributed by atoms with Crippen LogP contribution in [0.2, 0.25) is 0 Å². The highest BCUT2D eigenvalue weighted by atomic mass is 16.3. The molecule has 94 valence electrons. The van der Waals surface area contributed by atoms with E-state index >= 15 is 0 Å². The van der Waals surface area contributed by atoms with Crippen LogP contribution in [0.5, 0.6) is 0 Å². The van der Waals surface area contributed by atoms with E-state index in [1.54, 1.807) is 0 Å². The van der Waals surface area contributed by atoms with Crippen molar-refractivity contribution >= 4 is 0 Å². The van der Waals surface area contributed by atoms with Gasteiger partial charge in [-0.05, 0) is 62.2 Å². The fourth-order valence-electron chi connectivity index (χ4n) is 4.36. The molecule has 1 N–H and O–H groups in total. The van der Waals surface area contributed by atoms with E-state index in [2.05, 4.69) is 27.7 Å². The van der Waals surface area contributed by atoms with Gasteiger partial charge in [-0.25, -0.2) is 0 Å². The summed E-state index contributed by atoms with van der Waals surface area (Å²) in [5, 5.41) is 10.6. The van der Waals surface area contributed by atoms with Gasteiger partial charge in [-0.15, -0.1) is 0 Å². The highest BCUT2D eigenvalue weighted by Gasteiger charge is 2.47. The largest absolute Gasteiger partial charge is 0.390 e. The van der Waals surface area contributed by atoms with Crippen LogP contribution < -0.4 is 0 Å². The third-order valence-corrected chi connectivity index (χ3v) is 5.35. The molecule has 0 saturated heterocycles. The molecular formula is C15H28O. The van der Waals surface area contributed by atoms with Crippen LogP contribution >= 0.6 is 0 Å². The van der Waals surface area contributed by atoms with Crippen molar-refractivity contribution < 1.29 is 5.11 Å².